The maximum absolute atomic E-state index is 13.4. The molecule has 0 saturated heterocycles. The first-order valence-electron chi connectivity index (χ1n) is 10.3. The molecule has 7 heteroatoms. The molecule has 0 radical (unpaired) electrons. The van der Waals surface area contributed by atoms with Crippen LogP contribution in [0.1, 0.15) is 23.7 Å². The Hall–Kier alpha value is -2.64. The number of thiazole rings is 1. The Morgan fingerprint density at radius 2 is 1.87 bits per heavy atom. The lowest BCUT2D eigenvalue weighted by atomic mass is 10.1. The smallest absolute Gasteiger partial charge is 0.260 e. The second-order valence-corrected chi connectivity index (χ2v) is 8.78. The highest BCUT2D eigenvalue weighted by atomic mass is 32.1. The van der Waals surface area contributed by atoms with Crippen LogP contribution in [-0.4, -0.2) is 58.8 Å². The van der Waals surface area contributed by atoms with Crippen LogP contribution < -0.4 is 19.4 Å². The zero-order valence-corrected chi connectivity index (χ0v) is 19.3. The fourth-order valence-corrected chi connectivity index (χ4v) is 4.22. The van der Waals surface area contributed by atoms with Crippen molar-refractivity contribution in [2.45, 2.75) is 13.3 Å². The fraction of sp³-hybridized carbons (Fsp3) is 0.391. The Morgan fingerprint density at radius 1 is 1.13 bits per heavy atom. The highest BCUT2D eigenvalue weighted by Gasteiger charge is 2.22. The first-order chi connectivity index (χ1) is 14.4. The minimum Gasteiger partial charge on any atom is -0.494 e. The molecule has 160 valence electrons. The van der Waals surface area contributed by atoms with Crippen LogP contribution in [0.25, 0.3) is 10.2 Å². The van der Waals surface area contributed by atoms with E-state index < -0.39 is 0 Å². The molecule has 30 heavy (non-hydrogen) atoms. The number of nitrogens with one attached hydrogen (secondary N) is 1. The third-order valence-electron chi connectivity index (χ3n) is 4.82. The Labute approximate surface area is 182 Å². The summed E-state index contributed by atoms with van der Waals surface area (Å²) >= 11 is 1.53. The number of fused-ring (bicyclic) bond motifs is 1. The van der Waals surface area contributed by atoms with Gasteiger partial charge in [0.15, 0.2) is 5.13 Å². The van der Waals surface area contributed by atoms with Gasteiger partial charge in [-0.2, -0.15) is 0 Å². The van der Waals surface area contributed by atoms with Crippen LogP contribution in [0.2, 0.25) is 0 Å². The van der Waals surface area contributed by atoms with Gasteiger partial charge < -0.3 is 14.5 Å². The third-order valence-corrected chi connectivity index (χ3v) is 5.87. The predicted molar refractivity (Wildman–Crippen MR) is 126 cm³/mol. The van der Waals surface area contributed by atoms with Crippen LogP contribution in [0.15, 0.2) is 42.5 Å². The van der Waals surface area contributed by atoms with Crippen molar-refractivity contribution in [3.8, 4) is 5.75 Å². The predicted octanol–water partition coefficient (Wildman–Crippen LogP) is 2.94. The van der Waals surface area contributed by atoms with Gasteiger partial charge in [0.05, 0.1) is 37.5 Å². The van der Waals surface area contributed by atoms with Crippen molar-refractivity contribution < 1.29 is 14.4 Å². The van der Waals surface area contributed by atoms with E-state index in [1.54, 1.807) is 0 Å². The monoisotopic (exact) mass is 427 g/mol. The van der Waals surface area contributed by atoms with Gasteiger partial charge in [-0.1, -0.05) is 11.3 Å². The number of benzene rings is 2. The topological polar surface area (TPSA) is 50.1 Å². The Bertz CT molecular complexity index is 983. The lowest BCUT2D eigenvalue weighted by Gasteiger charge is -2.21. The van der Waals surface area contributed by atoms with Gasteiger partial charge in [-0.05, 0) is 49.4 Å². The quantitative estimate of drug-likeness (QED) is 0.571. The third kappa shape index (κ3) is 5.29. The van der Waals surface area contributed by atoms with Crippen molar-refractivity contribution in [2.75, 3.05) is 57.7 Å². The number of carbonyl (C=O) groups excluding carboxylic acids is 1. The normalized spacial score (nSPS) is 11.1. The number of rotatable bonds is 9. The zero-order valence-electron chi connectivity index (χ0n) is 18.4. The molecule has 2 aromatic carbocycles. The maximum Gasteiger partial charge on any atom is 0.260 e. The van der Waals surface area contributed by atoms with Gasteiger partial charge in [-0.15, -0.1) is 0 Å². The number of hydrogen-bond donors (Lipinski definition) is 1. The van der Waals surface area contributed by atoms with Gasteiger partial charge in [0.25, 0.3) is 5.91 Å². The van der Waals surface area contributed by atoms with E-state index in [4.69, 9.17) is 9.72 Å². The molecule has 0 aliphatic carbocycles. The number of anilines is 2. The largest absolute Gasteiger partial charge is 0.494 e. The molecule has 0 spiro atoms. The molecule has 0 unspecified atom stereocenters. The first kappa shape index (κ1) is 22.1. The summed E-state index contributed by atoms with van der Waals surface area (Å²) < 4.78 is 6.64. The summed E-state index contributed by atoms with van der Waals surface area (Å²) in [5, 5.41) is 0.731. The Morgan fingerprint density at radius 3 is 2.50 bits per heavy atom. The SMILES string of the molecule is CCOc1ccc2nc(N(CCC[NH+](C)C)C(=O)c3ccc(N(C)C)cc3)sc2c1. The summed E-state index contributed by atoms with van der Waals surface area (Å²) in [5.41, 5.74) is 2.63. The van der Waals surface area contributed by atoms with E-state index in [-0.39, 0.29) is 5.91 Å². The summed E-state index contributed by atoms with van der Waals surface area (Å²) in [4.78, 5) is 23.4. The molecular weight excluding hydrogens is 396 g/mol. The van der Waals surface area contributed by atoms with E-state index in [1.165, 1.54) is 16.2 Å². The highest BCUT2D eigenvalue weighted by molar-refractivity contribution is 7.22. The molecule has 3 aromatic rings. The molecule has 1 amide bonds. The molecular formula is C23H31N4O2S+. The van der Waals surface area contributed by atoms with Crippen molar-refractivity contribution >= 4 is 38.3 Å². The number of hydrogen-bond acceptors (Lipinski definition) is 5. The molecule has 0 aliphatic heterocycles. The summed E-state index contributed by atoms with van der Waals surface area (Å²) in [6.07, 6.45) is 0.907. The van der Waals surface area contributed by atoms with E-state index in [0.29, 0.717) is 18.7 Å². The molecule has 0 aliphatic rings. The van der Waals surface area contributed by atoms with Crippen molar-refractivity contribution in [1.29, 1.82) is 0 Å². The van der Waals surface area contributed by atoms with Gasteiger partial charge in [0.1, 0.15) is 5.75 Å². The van der Waals surface area contributed by atoms with Crippen molar-refractivity contribution in [1.82, 2.24) is 4.98 Å². The summed E-state index contributed by atoms with van der Waals surface area (Å²) in [6.45, 7) is 4.22. The van der Waals surface area contributed by atoms with Crippen molar-refractivity contribution in [3.05, 3.63) is 48.0 Å². The van der Waals surface area contributed by atoms with Gasteiger partial charge in [-0.3, -0.25) is 9.69 Å². The molecule has 1 heterocycles. The van der Waals surface area contributed by atoms with Crippen LogP contribution in [0.4, 0.5) is 10.8 Å². The molecule has 1 N–H and O–H groups in total. The van der Waals surface area contributed by atoms with Crippen LogP contribution in [-0.2, 0) is 0 Å². The van der Waals surface area contributed by atoms with E-state index in [9.17, 15) is 4.79 Å². The van der Waals surface area contributed by atoms with Crippen LogP contribution >= 0.6 is 11.3 Å². The molecule has 3 rings (SSSR count). The number of nitrogens with zero attached hydrogens (tertiary/aromatic N) is 3. The lowest BCUT2D eigenvalue weighted by Crippen LogP contribution is -3.05. The van der Waals surface area contributed by atoms with E-state index in [1.807, 2.05) is 73.3 Å². The zero-order chi connectivity index (χ0) is 21.7. The van der Waals surface area contributed by atoms with Crippen molar-refractivity contribution in [2.24, 2.45) is 0 Å². The van der Waals surface area contributed by atoms with Gasteiger partial charge in [-0.25, -0.2) is 4.98 Å². The van der Waals surface area contributed by atoms with Crippen LogP contribution in [0.5, 0.6) is 5.75 Å². The van der Waals surface area contributed by atoms with Crippen LogP contribution in [0, 0.1) is 0 Å². The number of quaternary nitrogens is 1. The molecule has 0 fully saturated rings. The molecule has 6 nitrogen and oxygen atoms in total. The summed E-state index contributed by atoms with van der Waals surface area (Å²) in [6, 6.07) is 13.6. The van der Waals surface area contributed by atoms with Gasteiger partial charge in [0, 0.05) is 38.3 Å². The van der Waals surface area contributed by atoms with Crippen molar-refractivity contribution in [3.63, 3.8) is 0 Å². The first-order valence-corrected chi connectivity index (χ1v) is 11.1. The fourth-order valence-electron chi connectivity index (χ4n) is 3.20. The lowest BCUT2D eigenvalue weighted by molar-refractivity contribution is -0.858. The standard InChI is InChI=1S/C23H30N4O2S/c1-6-29-19-12-13-20-21(16-19)30-23(24-20)27(15-7-14-25(2)3)22(28)17-8-10-18(11-9-17)26(4)5/h8-13,16H,6-7,14-15H2,1-5H3/p+1. The summed E-state index contributed by atoms with van der Waals surface area (Å²) in [7, 11) is 8.23. The van der Waals surface area contributed by atoms with E-state index in [0.717, 1.165) is 39.8 Å². The van der Waals surface area contributed by atoms with Crippen LogP contribution in [0.3, 0.4) is 0 Å². The van der Waals surface area contributed by atoms with E-state index in [2.05, 4.69) is 14.1 Å². The minimum absolute atomic E-state index is 0.0156. The van der Waals surface area contributed by atoms with Gasteiger partial charge >= 0.3 is 0 Å². The summed E-state index contributed by atoms with van der Waals surface area (Å²) in [5.74, 6) is 0.812. The number of carbonyl (C=O) groups is 1. The average Bonchev–Trinajstić information content (AvgIpc) is 3.14. The molecule has 1 aromatic heterocycles. The van der Waals surface area contributed by atoms with Gasteiger partial charge in [0.2, 0.25) is 0 Å². The van der Waals surface area contributed by atoms with E-state index >= 15 is 0 Å². The Balaban J connectivity index is 1.91. The maximum atomic E-state index is 13.4. The number of ether oxygens (including phenoxy) is 1. The number of aromatic nitrogens is 1. The Kier molecular flexibility index (Phi) is 7.29. The molecule has 0 saturated carbocycles. The average molecular weight is 428 g/mol. The molecule has 0 bridgehead atoms. The second kappa shape index (κ2) is 9.91. The minimum atomic E-state index is -0.0156. The number of amides is 1. The molecule has 0 atom stereocenters. The second-order valence-electron chi connectivity index (χ2n) is 7.77. The highest BCUT2D eigenvalue weighted by Crippen LogP contribution is 2.32.